The van der Waals surface area contributed by atoms with E-state index in [1.165, 1.54) is 5.92 Å². The molecule has 0 nitrogen and oxygen atoms in total. The number of rotatable bonds is 7. The summed E-state index contributed by atoms with van der Waals surface area (Å²) in [6.07, 6.45) is 10.1. The van der Waals surface area contributed by atoms with E-state index in [2.05, 4.69) is 19.7 Å². The van der Waals surface area contributed by atoms with Crippen LogP contribution < -0.4 is 0 Å². The average Bonchev–Trinajstić information content (AvgIpc) is 2.01. The first-order chi connectivity index (χ1) is 5.35. The quantitative estimate of drug-likeness (QED) is 0.484. The van der Waals surface area contributed by atoms with Crippen molar-refractivity contribution in [2.45, 2.75) is 25.7 Å². The molecule has 0 amide bonds. The van der Waals surface area contributed by atoms with Crippen molar-refractivity contribution in [3.8, 4) is 0 Å². The van der Waals surface area contributed by atoms with Gasteiger partial charge >= 0.3 is 0 Å². The third-order valence-corrected chi connectivity index (χ3v) is 1.57. The lowest BCUT2D eigenvalue weighted by atomic mass is 9.96. The lowest BCUT2D eigenvalue weighted by molar-refractivity contribution is 0.764. The van der Waals surface area contributed by atoms with E-state index in [-0.39, 0.29) is 0 Å². The Balaban J connectivity index is 3.57. The number of allylic oxidation sites excluding steroid dienone is 3. The summed E-state index contributed by atoms with van der Waals surface area (Å²) in [5.74, 6) is 1.50. The fourth-order valence-electron chi connectivity index (χ4n) is 1.00. The fourth-order valence-corrected chi connectivity index (χ4v) is 1.00. The molecule has 0 aromatic carbocycles. The highest BCUT2D eigenvalue weighted by Crippen LogP contribution is 2.18. The highest BCUT2D eigenvalue weighted by molar-refractivity contribution is 5.01. The highest BCUT2D eigenvalue weighted by atomic mass is 14.1. The molecule has 0 heterocycles. The van der Waals surface area contributed by atoms with Crippen LogP contribution in [0.2, 0.25) is 0 Å². The van der Waals surface area contributed by atoms with Crippen molar-refractivity contribution in [1.29, 1.82) is 0 Å². The van der Waals surface area contributed by atoms with E-state index in [4.69, 9.17) is 0 Å². The van der Waals surface area contributed by atoms with Gasteiger partial charge in [0.15, 0.2) is 0 Å². The van der Waals surface area contributed by atoms with E-state index in [1.54, 1.807) is 0 Å². The molecule has 0 aliphatic rings. The molecule has 0 aromatic heterocycles. The Labute approximate surface area is 70.3 Å². The SMILES string of the molecule is C=CCC[C](CC=C)CC=C. The van der Waals surface area contributed by atoms with Gasteiger partial charge in [0.25, 0.3) is 0 Å². The Bertz CT molecular complexity index is 112. The molecule has 61 valence electrons. The van der Waals surface area contributed by atoms with Crippen LogP contribution in [0.15, 0.2) is 38.0 Å². The molecule has 0 saturated carbocycles. The molecule has 0 aliphatic carbocycles. The van der Waals surface area contributed by atoms with Crippen LogP contribution in [-0.2, 0) is 0 Å². The van der Waals surface area contributed by atoms with Gasteiger partial charge in [0, 0.05) is 0 Å². The third-order valence-electron chi connectivity index (χ3n) is 1.57. The maximum absolute atomic E-state index is 3.71. The van der Waals surface area contributed by atoms with Gasteiger partial charge in [0.1, 0.15) is 0 Å². The van der Waals surface area contributed by atoms with E-state index in [1.807, 2.05) is 18.2 Å². The summed E-state index contributed by atoms with van der Waals surface area (Å²) in [6, 6.07) is 0. The molecular weight excluding hydrogens is 132 g/mol. The van der Waals surface area contributed by atoms with Crippen LogP contribution in [0.25, 0.3) is 0 Å². The smallest absolute Gasteiger partial charge is 0.0163 e. The Morgan fingerprint density at radius 3 is 1.82 bits per heavy atom. The zero-order valence-electron chi connectivity index (χ0n) is 7.18. The first kappa shape index (κ1) is 10.2. The molecule has 0 unspecified atom stereocenters. The summed E-state index contributed by atoms with van der Waals surface area (Å²) in [7, 11) is 0. The predicted molar refractivity (Wildman–Crippen MR) is 52.3 cm³/mol. The Morgan fingerprint density at radius 1 is 0.909 bits per heavy atom. The van der Waals surface area contributed by atoms with Crippen molar-refractivity contribution in [2.75, 3.05) is 0 Å². The lowest BCUT2D eigenvalue weighted by Gasteiger charge is -2.09. The second-order valence-electron chi connectivity index (χ2n) is 2.56. The van der Waals surface area contributed by atoms with Gasteiger partial charge in [-0.15, -0.1) is 19.7 Å². The van der Waals surface area contributed by atoms with Gasteiger partial charge in [-0.1, -0.05) is 18.2 Å². The molecule has 0 rings (SSSR count). The summed E-state index contributed by atoms with van der Waals surface area (Å²) in [5, 5.41) is 0. The maximum Gasteiger partial charge on any atom is -0.0163 e. The van der Waals surface area contributed by atoms with Crippen LogP contribution in [0, 0.1) is 5.92 Å². The number of hydrogen-bond acceptors (Lipinski definition) is 0. The van der Waals surface area contributed by atoms with E-state index in [0.29, 0.717) is 0 Å². The minimum absolute atomic E-state index is 1.01. The van der Waals surface area contributed by atoms with E-state index >= 15 is 0 Å². The fraction of sp³-hybridized carbons (Fsp3) is 0.364. The van der Waals surface area contributed by atoms with Crippen LogP contribution in [0.4, 0.5) is 0 Å². The van der Waals surface area contributed by atoms with E-state index in [9.17, 15) is 0 Å². The molecule has 0 spiro atoms. The van der Waals surface area contributed by atoms with Gasteiger partial charge in [0.05, 0.1) is 0 Å². The minimum atomic E-state index is 1.01. The summed E-state index contributed by atoms with van der Waals surface area (Å²) in [4.78, 5) is 0. The first-order valence-electron chi connectivity index (χ1n) is 4.01. The summed E-state index contributed by atoms with van der Waals surface area (Å²) in [5.41, 5.74) is 0. The standard InChI is InChI=1S/C11H17/c1-4-7-10-11(8-5-2)9-6-3/h4-6H,1-3,7-10H2. The minimum Gasteiger partial charge on any atom is -0.103 e. The van der Waals surface area contributed by atoms with Crippen LogP contribution in [-0.4, -0.2) is 0 Å². The molecule has 0 atom stereocenters. The summed E-state index contributed by atoms with van der Waals surface area (Å²) >= 11 is 0. The molecule has 1 radical (unpaired) electrons. The summed E-state index contributed by atoms with van der Waals surface area (Å²) in [6.45, 7) is 11.1. The second-order valence-corrected chi connectivity index (χ2v) is 2.56. The van der Waals surface area contributed by atoms with Crippen molar-refractivity contribution in [3.63, 3.8) is 0 Å². The topological polar surface area (TPSA) is 0 Å². The van der Waals surface area contributed by atoms with Crippen molar-refractivity contribution in [3.05, 3.63) is 43.9 Å². The largest absolute Gasteiger partial charge is 0.103 e. The second kappa shape index (κ2) is 7.33. The predicted octanol–water partition coefficient (Wildman–Crippen LogP) is 3.68. The average molecular weight is 149 g/mol. The molecule has 0 heteroatoms. The Kier molecular flexibility index (Phi) is 6.81. The van der Waals surface area contributed by atoms with Gasteiger partial charge in [-0.05, 0) is 31.6 Å². The van der Waals surface area contributed by atoms with Gasteiger partial charge in [-0.3, -0.25) is 0 Å². The molecule has 0 N–H and O–H groups in total. The van der Waals surface area contributed by atoms with Crippen molar-refractivity contribution in [1.82, 2.24) is 0 Å². The van der Waals surface area contributed by atoms with Crippen LogP contribution >= 0.6 is 0 Å². The molecule has 0 fully saturated rings. The van der Waals surface area contributed by atoms with Crippen LogP contribution in [0.5, 0.6) is 0 Å². The monoisotopic (exact) mass is 149 g/mol. The maximum atomic E-state index is 3.71. The summed E-state index contributed by atoms with van der Waals surface area (Å²) < 4.78 is 0. The van der Waals surface area contributed by atoms with E-state index in [0.717, 1.165) is 25.7 Å². The van der Waals surface area contributed by atoms with Gasteiger partial charge < -0.3 is 0 Å². The lowest BCUT2D eigenvalue weighted by Crippen LogP contribution is -1.93. The molecule has 11 heavy (non-hydrogen) atoms. The zero-order valence-corrected chi connectivity index (χ0v) is 7.18. The van der Waals surface area contributed by atoms with Crippen LogP contribution in [0.1, 0.15) is 25.7 Å². The molecular formula is C11H17. The van der Waals surface area contributed by atoms with Gasteiger partial charge in [-0.25, -0.2) is 0 Å². The van der Waals surface area contributed by atoms with Crippen molar-refractivity contribution >= 4 is 0 Å². The Hall–Kier alpha value is -0.780. The molecule has 0 saturated heterocycles. The van der Waals surface area contributed by atoms with Crippen molar-refractivity contribution < 1.29 is 0 Å². The highest BCUT2D eigenvalue weighted by Gasteiger charge is 2.02. The Morgan fingerprint density at radius 2 is 1.45 bits per heavy atom. The molecule has 0 bridgehead atoms. The molecule has 0 aromatic rings. The first-order valence-corrected chi connectivity index (χ1v) is 4.01. The van der Waals surface area contributed by atoms with Crippen molar-refractivity contribution in [2.24, 2.45) is 0 Å². The molecule has 0 aliphatic heterocycles. The number of hydrogen-bond donors (Lipinski definition) is 0. The van der Waals surface area contributed by atoms with Crippen LogP contribution in [0.3, 0.4) is 0 Å². The van der Waals surface area contributed by atoms with Gasteiger partial charge in [-0.2, -0.15) is 0 Å². The normalized spacial score (nSPS) is 9.55. The third kappa shape index (κ3) is 5.65. The van der Waals surface area contributed by atoms with E-state index < -0.39 is 0 Å². The van der Waals surface area contributed by atoms with Gasteiger partial charge in [0.2, 0.25) is 0 Å². The zero-order chi connectivity index (χ0) is 8.53.